The summed E-state index contributed by atoms with van der Waals surface area (Å²) in [6.07, 6.45) is 1.07. The van der Waals surface area contributed by atoms with E-state index in [4.69, 9.17) is 27.9 Å². The quantitative estimate of drug-likeness (QED) is 0.357. The van der Waals surface area contributed by atoms with Gasteiger partial charge in [-0.05, 0) is 62.6 Å². The molecular weight excluding hydrogens is 505 g/mol. The van der Waals surface area contributed by atoms with Crippen molar-refractivity contribution in [3.8, 4) is 0 Å². The first-order valence-corrected chi connectivity index (χ1v) is 14.1. The summed E-state index contributed by atoms with van der Waals surface area (Å²) in [6, 6.07) is 13.5. The summed E-state index contributed by atoms with van der Waals surface area (Å²) in [7, 11) is -3.51. The summed E-state index contributed by atoms with van der Waals surface area (Å²) < 4.78 is 31.9. The minimum absolute atomic E-state index is 0.147. The number of amides is 1. The van der Waals surface area contributed by atoms with E-state index in [-0.39, 0.29) is 11.7 Å². The highest BCUT2D eigenvalue weighted by atomic mass is 35.5. The predicted octanol–water partition coefficient (Wildman–Crippen LogP) is 6.57. The molecular formula is C27H33Cl2NO4S. The van der Waals surface area contributed by atoms with Crippen molar-refractivity contribution >= 4 is 38.9 Å². The molecule has 1 saturated heterocycles. The maximum Gasteiger partial charge on any atom is 0.252 e. The van der Waals surface area contributed by atoms with E-state index in [9.17, 15) is 13.2 Å². The van der Waals surface area contributed by atoms with E-state index < -0.39 is 38.9 Å². The highest BCUT2D eigenvalue weighted by molar-refractivity contribution is 7.92. The lowest BCUT2D eigenvalue weighted by atomic mass is 9.89. The van der Waals surface area contributed by atoms with Gasteiger partial charge in [0.2, 0.25) is 0 Å². The number of carbonyl (C=O) groups is 1. The first-order chi connectivity index (χ1) is 16.4. The normalized spacial score (nSPS) is 22.2. The van der Waals surface area contributed by atoms with Crippen LogP contribution in [0.3, 0.4) is 0 Å². The molecule has 2 aromatic carbocycles. The highest BCUT2D eigenvalue weighted by Crippen LogP contribution is 2.45. The number of nitrogens with zero attached hydrogens (tertiary/aromatic N) is 1. The van der Waals surface area contributed by atoms with Crippen molar-refractivity contribution in [1.82, 2.24) is 4.90 Å². The fraction of sp³-hybridized carbons (Fsp3) is 0.444. The second kappa shape index (κ2) is 11.0. The number of halogens is 2. The second-order valence-electron chi connectivity index (χ2n) is 9.82. The van der Waals surface area contributed by atoms with Gasteiger partial charge < -0.3 is 9.64 Å². The number of benzene rings is 2. The number of ether oxygens (including phenoxy) is 1. The van der Waals surface area contributed by atoms with Crippen LogP contribution in [-0.4, -0.2) is 41.9 Å². The number of morpholine rings is 1. The first-order valence-electron chi connectivity index (χ1n) is 11.7. The number of carbonyl (C=O) groups excluding carboxylic acids is 1. The van der Waals surface area contributed by atoms with Gasteiger partial charge in [0.05, 0.1) is 16.5 Å². The van der Waals surface area contributed by atoms with Crippen molar-refractivity contribution in [2.45, 2.75) is 69.6 Å². The SMILES string of the molecule is C=CC[C@@H]1O[C@H](c2cccc(Cl)c2)[C@@H](c2ccc(Cl)cc2)N(C(CC)CS(=O)(=O)C(C)(C)C)C1=O. The van der Waals surface area contributed by atoms with Crippen molar-refractivity contribution in [3.63, 3.8) is 0 Å². The Labute approximate surface area is 219 Å². The van der Waals surface area contributed by atoms with E-state index in [1.54, 1.807) is 49.9 Å². The molecule has 2 aromatic rings. The molecule has 0 aromatic heterocycles. The molecule has 0 bridgehead atoms. The summed E-state index contributed by atoms with van der Waals surface area (Å²) in [5.41, 5.74) is 1.61. The van der Waals surface area contributed by atoms with Gasteiger partial charge in [0.1, 0.15) is 12.2 Å². The zero-order valence-electron chi connectivity index (χ0n) is 20.6. The van der Waals surface area contributed by atoms with Crippen LogP contribution in [0.25, 0.3) is 0 Å². The van der Waals surface area contributed by atoms with Gasteiger partial charge in [0.25, 0.3) is 5.91 Å². The topological polar surface area (TPSA) is 63.7 Å². The van der Waals surface area contributed by atoms with Gasteiger partial charge in [-0.2, -0.15) is 0 Å². The van der Waals surface area contributed by atoms with E-state index in [1.807, 2.05) is 37.3 Å². The molecule has 1 heterocycles. The molecule has 190 valence electrons. The summed E-state index contributed by atoms with van der Waals surface area (Å²) in [5, 5.41) is 1.11. The highest BCUT2D eigenvalue weighted by Gasteiger charge is 2.47. The minimum atomic E-state index is -3.51. The summed E-state index contributed by atoms with van der Waals surface area (Å²) in [5.74, 6) is -0.398. The van der Waals surface area contributed by atoms with Crippen molar-refractivity contribution in [2.24, 2.45) is 0 Å². The lowest BCUT2D eigenvalue weighted by Crippen LogP contribution is -2.56. The fourth-order valence-electron chi connectivity index (χ4n) is 4.31. The van der Waals surface area contributed by atoms with Crippen LogP contribution in [-0.2, 0) is 19.4 Å². The van der Waals surface area contributed by atoms with Gasteiger partial charge >= 0.3 is 0 Å². The Morgan fingerprint density at radius 2 is 1.74 bits per heavy atom. The molecule has 8 heteroatoms. The molecule has 5 nitrogen and oxygen atoms in total. The molecule has 0 saturated carbocycles. The van der Waals surface area contributed by atoms with Gasteiger partial charge in [0.15, 0.2) is 9.84 Å². The Bertz CT molecular complexity index is 1160. The Morgan fingerprint density at radius 3 is 2.29 bits per heavy atom. The number of sulfone groups is 1. The van der Waals surface area contributed by atoms with Gasteiger partial charge in [-0.15, -0.1) is 6.58 Å². The zero-order chi connectivity index (χ0) is 26.0. The van der Waals surface area contributed by atoms with Crippen LogP contribution in [0.15, 0.2) is 61.2 Å². The third-order valence-electron chi connectivity index (χ3n) is 6.41. The van der Waals surface area contributed by atoms with E-state index in [1.165, 1.54) is 0 Å². The van der Waals surface area contributed by atoms with E-state index >= 15 is 0 Å². The average Bonchev–Trinajstić information content (AvgIpc) is 2.78. The van der Waals surface area contributed by atoms with Crippen molar-refractivity contribution in [3.05, 3.63) is 82.4 Å². The number of hydrogen-bond donors (Lipinski definition) is 0. The molecule has 1 aliphatic heterocycles. The molecule has 0 spiro atoms. The van der Waals surface area contributed by atoms with Gasteiger partial charge in [-0.1, -0.05) is 60.5 Å². The van der Waals surface area contributed by atoms with Gasteiger partial charge in [-0.3, -0.25) is 4.79 Å². The molecule has 35 heavy (non-hydrogen) atoms. The zero-order valence-corrected chi connectivity index (χ0v) is 22.9. The van der Waals surface area contributed by atoms with Crippen LogP contribution in [0.4, 0.5) is 0 Å². The standard InChI is InChI=1S/C27H33Cl2NO4S/c1-6-9-23-26(31)30(22(7-2)17-35(32,33)27(3,4)5)24(18-12-14-20(28)15-13-18)25(34-23)19-10-8-11-21(29)16-19/h6,8,10-16,22-25H,1,7,9,17H2,2-5H3/t22?,23-,24+,25+/m0/s1. The van der Waals surface area contributed by atoms with Gasteiger partial charge in [-0.25, -0.2) is 8.42 Å². The van der Waals surface area contributed by atoms with Crippen LogP contribution < -0.4 is 0 Å². The molecule has 1 fully saturated rings. The molecule has 4 atom stereocenters. The lowest BCUT2D eigenvalue weighted by molar-refractivity contribution is -0.178. The molecule has 1 aliphatic rings. The molecule has 1 amide bonds. The third kappa shape index (κ3) is 6.11. The Kier molecular flexibility index (Phi) is 8.74. The number of rotatable bonds is 8. The maximum atomic E-state index is 13.9. The second-order valence-corrected chi connectivity index (χ2v) is 13.5. The molecule has 0 N–H and O–H groups in total. The lowest BCUT2D eigenvalue weighted by Gasteiger charge is -2.48. The van der Waals surface area contributed by atoms with Crippen LogP contribution in [0.2, 0.25) is 10.0 Å². The van der Waals surface area contributed by atoms with Crippen molar-refractivity contribution in [1.29, 1.82) is 0 Å². The monoisotopic (exact) mass is 537 g/mol. The van der Waals surface area contributed by atoms with Crippen LogP contribution in [0.5, 0.6) is 0 Å². The molecule has 0 radical (unpaired) electrons. The van der Waals surface area contributed by atoms with E-state index in [0.717, 1.165) is 11.1 Å². The molecule has 1 unspecified atom stereocenters. The van der Waals surface area contributed by atoms with E-state index in [2.05, 4.69) is 6.58 Å². The largest absolute Gasteiger partial charge is 0.358 e. The minimum Gasteiger partial charge on any atom is -0.358 e. The molecule has 0 aliphatic carbocycles. The summed E-state index contributed by atoms with van der Waals surface area (Å²) in [4.78, 5) is 15.6. The van der Waals surface area contributed by atoms with Gasteiger partial charge in [0, 0.05) is 22.5 Å². The Morgan fingerprint density at radius 1 is 1.09 bits per heavy atom. The maximum absolute atomic E-state index is 13.9. The summed E-state index contributed by atoms with van der Waals surface area (Å²) >= 11 is 12.5. The Balaban J connectivity index is 2.20. The van der Waals surface area contributed by atoms with Crippen LogP contribution >= 0.6 is 23.2 Å². The summed E-state index contributed by atoms with van der Waals surface area (Å²) in [6.45, 7) is 10.7. The van der Waals surface area contributed by atoms with Crippen LogP contribution in [0.1, 0.15) is 63.8 Å². The van der Waals surface area contributed by atoms with Crippen LogP contribution in [0, 0.1) is 0 Å². The van der Waals surface area contributed by atoms with Crippen molar-refractivity contribution < 1.29 is 17.9 Å². The predicted molar refractivity (Wildman–Crippen MR) is 143 cm³/mol. The first kappa shape index (κ1) is 27.7. The Hall–Kier alpha value is -1.86. The molecule has 3 rings (SSSR count). The fourth-order valence-corrected chi connectivity index (χ4v) is 6.04. The smallest absolute Gasteiger partial charge is 0.252 e. The van der Waals surface area contributed by atoms with E-state index in [0.29, 0.717) is 22.9 Å². The average molecular weight is 539 g/mol. The number of hydrogen-bond acceptors (Lipinski definition) is 4. The van der Waals surface area contributed by atoms with Crippen molar-refractivity contribution in [2.75, 3.05) is 5.75 Å². The third-order valence-corrected chi connectivity index (χ3v) is 9.58.